The minimum absolute atomic E-state index is 0.0463. The van der Waals surface area contributed by atoms with E-state index in [1.54, 1.807) is 6.07 Å². The van der Waals surface area contributed by atoms with E-state index in [9.17, 15) is 4.79 Å². The van der Waals surface area contributed by atoms with Gasteiger partial charge in [0, 0.05) is 35.8 Å². The first-order chi connectivity index (χ1) is 11.5. The molecule has 0 atom stereocenters. The molecule has 1 N–H and O–H groups in total. The lowest BCUT2D eigenvalue weighted by Gasteiger charge is -2.20. The first kappa shape index (κ1) is 16.8. The van der Waals surface area contributed by atoms with Crippen molar-refractivity contribution in [2.24, 2.45) is 7.05 Å². The van der Waals surface area contributed by atoms with Gasteiger partial charge in [0.2, 0.25) is 5.91 Å². The molecule has 128 valence electrons. The maximum atomic E-state index is 12.3. The number of halogens is 1. The number of aryl methyl sites for hydroxylation is 2. The van der Waals surface area contributed by atoms with Crippen molar-refractivity contribution in [1.29, 1.82) is 0 Å². The van der Waals surface area contributed by atoms with Crippen molar-refractivity contribution < 1.29 is 14.3 Å². The van der Waals surface area contributed by atoms with Crippen LogP contribution in [0.15, 0.2) is 16.6 Å². The average Bonchev–Trinajstić information content (AvgIpc) is 2.79. The third-order valence-corrected chi connectivity index (χ3v) is 4.82. The molecule has 0 unspecified atom stereocenters. The Morgan fingerprint density at radius 3 is 2.58 bits per heavy atom. The zero-order valence-electron chi connectivity index (χ0n) is 14.0. The normalized spacial score (nSPS) is 13.0. The van der Waals surface area contributed by atoms with Crippen LogP contribution in [-0.4, -0.2) is 28.9 Å². The van der Waals surface area contributed by atoms with Gasteiger partial charge < -0.3 is 14.8 Å². The fraction of sp³-hybridized carbons (Fsp3) is 0.412. The SMILES string of the molecule is Cc1nn(C)c(C)c1CCC(=O)Nc1cc2c(cc1Br)OCCO2. The van der Waals surface area contributed by atoms with Crippen LogP contribution in [-0.2, 0) is 18.3 Å². The van der Waals surface area contributed by atoms with E-state index in [1.165, 1.54) is 0 Å². The molecule has 0 saturated carbocycles. The van der Waals surface area contributed by atoms with E-state index in [0.717, 1.165) is 21.4 Å². The lowest BCUT2D eigenvalue weighted by molar-refractivity contribution is -0.116. The molecule has 0 bridgehead atoms. The summed E-state index contributed by atoms with van der Waals surface area (Å²) in [5.74, 6) is 1.29. The van der Waals surface area contributed by atoms with Gasteiger partial charge in [0.15, 0.2) is 11.5 Å². The highest BCUT2D eigenvalue weighted by Gasteiger charge is 2.17. The molecule has 1 amide bonds. The van der Waals surface area contributed by atoms with Gasteiger partial charge in [0.25, 0.3) is 0 Å². The van der Waals surface area contributed by atoms with Crippen molar-refractivity contribution >= 4 is 27.5 Å². The quantitative estimate of drug-likeness (QED) is 0.866. The standard InChI is InChI=1S/C17H20BrN3O3/c1-10-12(11(2)21(3)20-10)4-5-17(22)19-14-9-16-15(8-13(14)18)23-6-7-24-16/h8-9H,4-7H2,1-3H3,(H,19,22). The van der Waals surface area contributed by atoms with Crippen LogP contribution in [0.5, 0.6) is 11.5 Å². The zero-order chi connectivity index (χ0) is 17.3. The number of hydrogen-bond acceptors (Lipinski definition) is 4. The Bertz CT molecular complexity index is 786. The van der Waals surface area contributed by atoms with Crippen LogP contribution in [0.4, 0.5) is 5.69 Å². The third-order valence-electron chi connectivity index (χ3n) is 4.17. The second-order valence-electron chi connectivity index (χ2n) is 5.80. The summed E-state index contributed by atoms with van der Waals surface area (Å²) >= 11 is 3.46. The number of carbonyl (C=O) groups excluding carboxylic acids is 1. The van der Waals surface area contributed by atoms with Crippen molar-refractivity contribution in [3.63, 3.8) is 0 Å². The third kappa shape index (κ3) is 3.40. The molecule has 1 aromatic heterocycles. The van der Waals surface area contributed by atoms with Gasteiger partial charge in [0.05, 0.1) is 11.4 Å². The first-order valence-corrected chi connectivity index (χ1v) is 8.63. The second kappa shape index (κ2) is 6.84. The largest absolute Gasteiger partial charge is 0.486 e. The molecule has 3 rings (SSSR count). The highest BCUT2D eigenvalue weighted by Crippen LogP contribution is 2.38. The van der Waals surface area contributed by atoms with Crippen LogP contribution in [0.25, 0.3) is 0 Å². The Kier molecular flexibility index (Phi) is 4.80. The van der Waals surface area contributed by atoms with Crippen molar-refractivity contribution in [1.82, 2.24) is 9.78 Å². The summed E-state index contributed by atoms with van der Waals surface area (Å²) in [6.45, 7) is 5.04. The summed E-state index contributed by atoms with van der Waals surface area (Å²) in [5.41, 5.74) is 3.89. The van der Waals surface area contributed by atoms with E-state index in [4.69, 9.17) is 9.47 Å². The Morgan fingerprint density at radius 1 is 1.29 bits per heavy atom. The number of benzene rings is 1. The number of carbonyl (C=O) groups is 1. The number of amides is 1. The Balaban J connectivity index is 1.67. The van der Waals surface area contributed by atoms with Gasteiger partial charge in [0.1, 0.15) is 13.2 Å². The highest BCUT2D eigenvalue weighted by molar-refractivity contribution is 9.10. The van der Waals surface area contributed by atoms with Crippen LogP contribution in [0.1, 0.15) is 23.4 Å². The second-order valence-corrected chi connectivity index (χ2v) is 6.65. The molecule has 0 radical (unpaired) electrons. The van der Waals surface area contributed by atoms with Crippen LogP contribution >= 0.6 is 15.9 Å². The molecule has 7 heteroatoms. The molecule has 0 aliphatic carbocycles. The van der Waals surface area contributed by atoms with Crippen LogP contribution < -0.4 is 14.8 Å². The predicted octanol–water partition coefficient (Wildman–Crippen LogP) is 3.14. The smallest absolute Gasteiger partial charge is 0.224 e. The first-order valence-electron chi connectivity index (χ1n) is 7.83. The van der Waals surface area contributed by atoms with Gasteiger partial charge in [-0.3, -0.25) is 9.48 Å². The molecule has 0 spiro atoms. The molecule has 0 saturated heterocycles. The summed E-state index contributed by atoms with van der Waals surface area (Å²) in [6, 6.07) is 3.61. The average molecular weight is 394 g/mol. The molecular formula is C17H20BrN3O3. The van der Waals surface area contributed by atoms with E-state index >= 15 is 0 Å². The molecule has 1 aliphatic heterocycles. The lowest BCUT2D eigenvalue weighted by atomic mass is 10.1. The topological polar surface area (TPSA) is 65.4 Å². The van der Waals surface area contributed by atoms with Gasteiger partial charge in [-0.05, 0) is 41.8 Å². The molecule has 1 aliphatic rings. The van der Waals surface area contributed by atoms with Crippen LogP contribution in [0.3, 0.4) is 0 Å². The minimum Gasteiger partial charge on any atom is -0.486 e. The van der Waals surface area contributed by atoms with Crippen molar-refractivity contribution in [2.75, 3.05) is 18.5 Å². The Morgan fingerprint density at radius 2 is 1.96 bits per heavy atom. The number of ether oxygens (including phenoxy) is 2. The Hall–Kier alpha value is -2.02. The fourth-order valence-electron chi connectivity index (χ4n) is 2.79. The van der Waals surface area contributed by atoms with Gasteiger partial charge in [-0.25, -0.2) is 0 Å². The molecule has 2 aromatic rings. The van der Waals surface area contributed by atoms with E-state index < -0.39 is 0 Å². The monoisotopic (exact) mass is 393 g/mol. The summed E-state index contributed by atoms with van der Waals surface area (Å²) in [6.07, 6.45) is 1.06. The minimum atomic E-state index is -0.0463. The molecule has 24 heavy (non-hydrogen) atoms. The number of fused-ring (bicyclic) bond motifs is 1. The van der Waals surface area contributed by atoms with E-state index in [0.29, 0.717) is 43.2 Å². The maximum Gasteiger partial charge on any atom is 0.224 e. The number of nitrogens with zero attached hydrogens (tertiary/aromatic N) is 2. The number of hydrogen-bond donors (Lipinski definition) is 1. The predicted molar refractivity (Wildman–Crippen MR) is 94.8 cm³/mol. The molecule has 0 fully saturated rings. The maximum absolute atomic E-state index is 12.3. The number of anilines is 1. The van der Waals surface area contributed by atoms with Crippen LogP contribution in [0.2, 0.25) is 0 Å². The summed E-state index contributed by atoms with van der Waals surface area (Å²) in [7, 11) is 1.91. The molecular weight excluding hydrogens is 374 g/mol. The number of aromatic nitrogens is 2. The van der Waals surface area contributed by atoms with Gasteiger partial charge in [-0.15, -0.1) is 0 Å². The highest BCUT2D eigenvalue weighted by atomic mass is 79.9. The summed E-state index contributed by atoms with van der Waals surface area (Å²) in [5, 5.41) is 7.31. The number of nitrogens with one attached hydrogen (secondary N) is 1. The zero-order valence-corrected chi connectivity index (χ0v) is 15.6. The summed E-state index contributed by atoms with van der Waals surface area (Å²) in [4.78, 5) is 12.3. The molecule has 1 aromatic carbocycles. The van der Waals surface area contributed by atoms with E-state index in [2.05, 4.69) is 26.3 Å². The van der Waals surface area contributed by atoms with Gasteiger partial charge >= 0.3 is 0 Å². The van der Waals surface area contributed by atoms with Crippen molar-refractivity contribution in [3.05, 3.63) is 33.6 Å². The van der Waals surface area contributed by atoms with Gasteiger partial charge in [-0.2, -0.15) is 5.10 Å². The Labute approximate surface area is 149 Å². The number of rotatable bonds is 4. The van der Waals surface area contributed by atoms with Crippen molar-refractivity contribution in [2.45, 2.75) is 26.7 Å². The summed E-state index contributed by atoms with van der Waals surface area (Å²) < 4.78 is 13.7. The fourth-order valence-corrected chi connectivity index (χ4v) is 3.21. The molecule has 6 nitrogen and oxygen atoms in total. The molecule has 2 heterocycles. The van der Waals surface area contributed by atoms with E-state index in [-0.39, 0.29) is 5.91 Å². The van der Waals surface area contributed by atoms with E-state index in [1.807, 2.05) is 31.6 Å². The lowest BCUT2D eigenvalue weighted by Crippen LogP contribution is -2.17. The van der Waals surface area contributed by atoms with Crippen molar-refractivity contribution in [3.8, 4) is 11.5 Å². The van der Waals surface area contributed by atoms with Gasteiger partial charge in [-0.1, -0.05) is 0 Å². The van der Waals surface area contributed by atoms with Crippen LogP contribution in [0, 0.1) is 13.8 Å².